The summed E-state index contributed by atoms with van der Waals surface area (Å²) in [5.41, 5.74) is 0. The molecule has 0 heterocycles. The van der Waals surface area contributed by atoms with Gasteiger partial charge in [-0.1, -0.05) is 0 Å². The van der Waals surface area contributed by atoms with Crippen molar-refractivity contribution in [1.29, 1.82) is 0 Å². The first-order chi connectivity index (χ1) is 1.00. The monoisotopic (exact) mass is 149 g/mol. The van der Waals surface area contributed by atoms with Gasteiger partial charge in [0.1, 0.15) is 0 Å². The average Bonchev–Trinajstić information content (AvgIpc) is 1.00. The summed E-state index contributed by atoms with van der Waals surface area (Å²) in [5.74, 6) is 0. The number of halogens is 1. The van der Waals surface area contributed by atoms with Crippen LogP contribution in [0, 0.1) is 0 Å². The molecule has 0 bridgehead atoms. The third kappa shape index (κ3) is 654. The maximum atomic E-state index is 9.12. The van der Waals surface area contributed by atoms with Crippen LogP contribution < -0.4 is 0 Å². The fraction of sp³-hybridized carbons (Fsp3) is 0. The van der Waals surface area contributed by atoms with Crippen molar-refractivity contribution < 1.29 is 41.4 Å². The molecule has 0 atom stereocenters. The van der Waals surface area contributed by atoms with Gasteiger partial charge in [0.2, 0.25) is 0 Å². The molecule has 0 aromatic rings. The Hall–Kier alpha value is 0.264. The van der Waals surface area contributed by atoms with Crippen LogP contribution in [0.5, 0.6) is 0 Å². The zero-order valence-corrected chi connectivity index (χ0v) is 3.68. The molecule has 0 spiro atoms. The summed E-state index contributed by atoms with van der Waals surface area (Å²) >= 11 is 2.38. The summed E-state index contributed by atoms with van der Waals surface area (Å²) in [6.45, 7) is 0. The van der Waals surface area contributed by atoms with E-state index >= 15 is 0 Å². The van der Waals surface area contributed by atoms with Crippen LogP contribution in [0.1, 0.15) is 0 Å². The molecule has 0 aliphatic heterocycles. The van der Waals surface area contributed by atoms with Gasteiger partial charge >= 0.3 is 19.5 Å². The fourth-order valence-electron chi connectivity index (χ4n) is 0. The molecule has 49 valence electrons. The van der Waals surface area contributed by atoms with E-state index in [0.717, 1.165) is 0 Å². The van der Waals surface area contributed by atoms with Gasteiger partial charge in [-0.15, -0.1) is 0 Å². The predicted octanol–water partition coefficient (Wildman–Crippen LogP) is -2.88. The van der Waals surface area contributed by atoms with E-state index in [0.29, 0.717) is 0 Å². The Kier molecular flexibility index (Phi) is 25000. The fourth-order valence-corrected chi connectivity index (χ4v) is 0. The summed E-state index contributed by atoms with van der Waals surface area (Å²) in [7, 11) is 0. The van der Waals surface area contributed by atoms with Crippen molar-refractivity contribution in [2.45, 2.75) is 0 Å². The zero-order valence-electron chi connectivity index (χ0n) is 2.69. The van der Waals surface area contributed by atoms with Gasteiger partial charge in [0.15, 0.2) is 0 Å². The molecule has 0 fully saturated rings. The van der Waals surface area contributed by atoms with Gasteiger partial charge in [-0.25, -0.2) is 0 Å². The van der Waals surface area contributed by atoms with Crippen LogP contribution in [-0.4, -0.2) is 21.9 Å². The van der Waals surface area contributed by atoms with Crippen LogP contribution in [-0.2, 0) is 15.9 Å². The predicted molar refractivity (Wildman–Crippen MR) is 15.6 cm³/mol. The van der Waals surface area contributed by atoms with Gasteiger partial charge in [-0.05, 0) is 0 Å². The third-order valence-corrected chi connectivity index (χ3v) is 0. The normalized spacial score (nSPS) is 1.17. The first-order valence-electron chi connectivity index (χ1n) is 0.120. The van der Waals surface area contributed by atoms with Gasteiger partial charge in [-0.2, -0.15) is 0 Å². The molecule has 0 aromatic heterocycles. The van der Waals surface area contributed by atoms with Gasteiger partial charge < -0.3 is 21.9 Å². The molecular weight excluding hydrogens is 142 g/mol. The molecule has 0 aliphatic rings. The van der Waals surface area contributed by atoms with Crippen LogP contribution in [0.2, 0.25) is 0 Å². The van der Waals surface area contributed by atoms with E-state index in [1.165, 1.54) is 0 Å². The van der Waals surface area contributed by atoms with E-state index in [1.807, 2.05) is 0 Å². The minimum absolute atomic E-state index is 0. The second-order valence-electron chi connectivity index (χ2n) is 0. The van der Waals surface area contributed by atoms with Crippen molar-refractivity contribution in [2.24, 2.45) is 0 Å². The molecule has 6 heteroatoms. The summed E-state index contributed by atoms with van der Waals surface area (Å²) in [5, 5.41) is 0. The van der Waals surface area contributed by atoms with Crippen LogP contribution in [0.4, 0.5) is 3.61 Å². The molecule has 0 unspecified atom stereocenters. The summed E-state index contributed by atoms with van der Waals surface area (Å²) < 4.78 is 9.12. The molecule has 0 radical (unpaired) electrons. The summed E-state index contributed by atoms with van der Waals surface area (Å²) in [4.78, 5) is 0. The molecule has 0 saturated carbocycles. The van der Waals surface area contributed by atoms with Gasteiger partial charge in [0, 0.05) is 0 Å². The molecule has 4 nitrogen and oxygen atoms in total. The second kappa shape index (κ2) is 1380. The second-order valence-corrected chi connectivity index (χ2v) is 0. The van der Waals surface area contributed by atoms with E-state index in [4.69, 9.17) is 3.61 Å². The molecule has 6 heavy (non-hydrogen) atoms. The molecule has 0 aliphatic carbocycles. The van der Waals surface area contributed by atoms with Crippen molar-refractivity contribution in [3.63, 3.8) is 0 Å². The molecule has 0 rings (SSSR count). The number of rotatable bonds is 0. The minimum atomic E-state index is 0. The Morgan fingerprint density at radius 3 is 0.667 bits per heavy atom. The van der Waals surface area contributed by atoms with Gasteiger partial charge in [0.25, 0.3) is 0 Å². The quantitative estimate of drug-likeness (QED) is 0.328. The van der Waals surface area contributed by atoms with E-state index < -0.39 is 0 Å². The third-order valence-electron chi connectivity index (χ3n) is 0. The number of hydrogen-bond acceptors (Lipinski definition) is 0. The van der Waals surface area contributed by atoms with Crippen molar-refractivity contribution >= 4 is 0 Å². The molecule has 0 amide bonds. The van der Waals surface area contributed by atoms with Crippen molar-refractivity contribution in [1.82, 2.24) is 0 Å². The Morgan fingerprint density at radius 2 is 0.667 bits per heavy atom. The van der Waals surface area contributed by atoms with Crippen LogP contribution >= 0.6 is 0 Å². The first kappa shape index (κ1) is 109. The van der Waals surface area contributed by atoms with Crippen LogP contribution in [0.3, 0.4) is 0 Å². The Morgan fingerprint density at radius 1 is 0.667 bits per heavy atom. The van der Waals surface area contributed by atoms with Crippen LogP contribution in [0.15, 0.2) is 0 Å². The topological polar surface area (TPSA) is 126 Å². The summed E-state index contributed by atoms with van der Waals surface area (Å²) in [6, 6.07) is 0. The summed E-state index contributed by atoms with van der Waals surface area (Å²) in [6.07, 6.45) is 0. The van der Waals surface area contributed by atoms with Gasteiger partial charge in [0.05, 0.1) is 0 Å². The Balaban J connectivity index is -0.000000000833. The van der Waals surface area contributed by atoms with E-state index in [1.54, 1.807) is 0 Å². The van der Waals surface area contributed by atoms with E-state index in [-0.39, 0.29) is 21.9 Å². The van der Waals surface area contributed by atoms with Crippen molar-refractivity contribution in [3.8, 4) is 0 Å². The SMILES string of the molecule is O.O.O.O.[F][Ni]. The zero-order chi connectivity index (χ0) is 2.00. The van der Waals surface area contributed by atoms with E-state index in [9.17, 15) is 0 Å². The van der Waals surface area contributed by atoms with Crippen molar-refractivity contribution in [3.05, 3.63) is 0 Å². The Bertz CT molecular complexity index is 7.51. The molecular formula is H8FNiO4. The van der Waals surface area contributed by atoms with E-state index in [2.05, 4.69) is 15.9 Å². The standard InChI is InChI=1S/FH.Ni.4H2O/h1H;;4*1H2/q;+1;;;;/p-1. The van der Waals surface area contributed by atoms with Gasteiger partial charge in [-0.3, -0.25) is 0 Å². The molecule has 8 N–H and O–H groups in total. The van der Waals surface area contributed by atoms with Crippen LogP contribution in [0.25, 0.3) is 0 Å². The maximum absolute atomic E-state index is 9.12. The number of hydrogen-bond donors (Lipinski definition) is 0. The molecule has 0 saturated heterocycles. The van der Waals surface area contributed by atoms with Crippen molar-refractivity contribution in [2.75, 3.05) is 0 Å². The average molecular weight is 150 g/mol. The first-order valence-corrected chi connectivity index (χ1v) is 0.493. The molecule has 0 aromatic carbocycles. The Labute approximate surface area is 42.4 Å².